The normalized spacial score (nSPS) is 20.5. The number of nitrogens with zero attached hydrogens (tertiary/aromatic N) is 4. The predicted octanol–water partition coefficient (Wildman–Crippen LogP) is 1.81. The van der Waals surface area contributed by atoms with E-state index in [-0.39, 0.29) is 18.1 Å². The van der Waals surface area contributed by atoms with Gasteiger partial charge in [0.2, 0.25) is 0 Å². The number of imidazole rings is 2. The van der Waals surface area contributed by atoms with Gasteiger partial charge in [-0.2, -0.15) is 0 Å². The number of carbonyl (C=O) groups is 1. The maximum absolute atomic E-state index is 12.6. The number of carbonyl (C=O) groups excluding carboxylic acids is 1. The minimum atomic E-state index is -0.206. The Kier molecular flexibility index (Phi) is 3.78. The molecule has 0 aliphatic carbocycles. The maximum Gasteiger partial charge on any atom is 0.251 e. The third-order valence-electron chi connectivity index (χ3n) is 4.43. The number of amides is 1. The molecule has 7 heteroatoms. The summed E-state index contributed by atoms with van der Waals surface area (Å²) in [6, 6.07) is 3.55. The van der Waals surface area contributed by atoms with Gasteiger partial charge in [-0.25, -0.2) is 9.97 Å². The fourth-order valence-corrected chi connectivity index (χ4v) is 3.15. The minimum Gasteiger partial charge on any atom is -0.368 e. The molecule has 2 atom stereocenters. The third kappa shape index (κ3) is 2.56. The molecular formula is C17H19N5O2. The second kappa shape index (κ2) is 6.09. The number of aryl methyl sites for hydroxylation is 1. The van der Waals surface area contributed by atoms with Crippen LogP contribution in [0.5, 0.6) is 0 Å². The molecule has 1 aliphatic heterocycles. The summed E-state index contributed by atoms with van der Waals surface area (Å²) < 4.78 is 9.76. The molecule has 4 rings (SSSR count). The highest BCUT2D eigenvalue weighted by molar-refractivity contribution is 5.95. The number of rotatable bonds is 4. The van der Waals surface area contributed by atoms with Gasteiger partial charge in [0.1, 0.15) is 11.9 Å². The van der Waals surface area contributed by atoms with Gasteiger partial charge in [0.05, 0.1) is 24.1 Å². The average Bonchev–Trinajstić information content (AvgIpc) is 3.33. The lowest BCUT2D eigenvalue weighted by atomic mass is 10.1. The van der Waals surface area contributed by atoms with E-state index in [4.69, 9.17) is 4.74 Å². The van der Waals surface area contributed by atoms with E-state index in [1.165, 1.54) is 0 Å². The first-order valence-corrected chi connectivity index (χ1v) is 8.11. The van der Waals surface area contributed by atoms with Gasteiger partial charge in [-0.1, -0.05) is 0 Å². The summed E-state index contributed by atoms with van der Waals surface area (Å²) in [6.45, 7) is 3.51. The van der Waals surface area contributed by atoms with Gasteiger partial charge in [-0.3, -0.25) is 4.79 Å². The first-order valence-electron chi connectivity index (χ1n) is 8.11. The number of nitrogens with one attached hydrogen (secondary N) is 1. The Morgan fingerprint density at radius 2 is 2.38 bits per heavy atom. The molecule has 0 aromatic carbocycles. The first kappa shape index (κ1) is 14.9. The Labute approximate surface area is 139 Å². The van der Waals surface area contributed by atoms with Crippen LogP contribution in [-0.2, 0) is 11.3 Å². The zero-order valence-electron chi connectivity index (χ0n) is 13.4. The second-order valence-corrected chi connectivity index (χ2v) is 5.87. The van der Waals surface area contributed by atoms with E-state index in [9.17, 15) is 4.79 Å². The van der Waals surface area contributed by atoms with E-state index >= 15 is 0 Å². The van der Waals surface area contributed by atoms with E-state index in [1.807, 2.05) is 27.4 Å². The van der Waals surface area contributed by atoms with Gasteiger partial charge in [0, 0.05) is 37.3 Å². The summed E-state index contributed by atoms with van der Waals surface area (Å²) in [4.78, 5) is 21.1. The van der Waals surface area contributed by atoms with E-state index < -0.39 is 0 Å². The standard InChI is InChI=1S/C17H19N5O2/c1-2-21-7-5-19-16(21)15-14(4-8-24-15)20-17(23)12-3-6-22-11-18-10-13(22)9-12/h3,5-7,9-11,14-15H,2,4,8H2,1H3,(H,20,23)/t14-,15-/m0/s1. The van der Waals surface area contributed by atoms with Crippen molar-refractivity contribution in [1.29, 1.82) is 0 Å². The molecule has 1 fully saturated rings. The van der Waals surface area contributed by atoms with Crippen molar-refractivity contribution in [1.82, 2.24) is 24.3 Å². The Hall–Kier alpha value is -2.67. The monoisotopic (exact) mass is 325 g/mol. The summed E-state index contributed by atoms with van der Waals surface area (Å²) in [6.07, 6.45) is 9.56. The SMILES string of the molecule is CCn1ccnc1[C@H]1OCC[C@@H]1NC(=O)c1ccn2cncc2c1. The molecule has 3 aromatic heterocycles. The lowest BCUT2D eigenvalue weighted by molar-refractivity contribution is 0.0775. The molecule has 1 N–H and O–H groups in total. The van der Waals surface area contributed by atoms with Gasteiger partial charge in [-0.05, 0) is 25.5 Å². The van der Waals surface area contributed by atoms with Crippen LogP contribution < -0.4 is 5.32 Å². The summed E-state index contributed by atoms with van der Waals surface area (Å²) in [5.74, 6) is 0.764. The Morgan fingerprint density at radius 3 is 3.25 bits per heavy atom. The van der Waals surface area contributed by atoms with Crippen LogP contribution in [0.15, 0.2) is 43.2 Å². The molecule has 1 saturated heterocycles. The molecule has 0 spiro atoms. The molecule has 0 radical (unpaired) electrons. The quantitative estimate of drug-likeness (QED) is 0.794. The number of hydrogen-bond acceptors (Lipinski definition) is 4. The average molecular weight is 325 g/mol. The minimum absolute atomic E-state index is 0.0775. The fourth-order valence-electron chi connectivity index (χ4n) is 3.15. The van der Waals surface area contributed by atoms with Crippen molar-refractivity contribution in [3.63, 3.8) is 0 Å². The van der Waals surface area contributed by atoms with Gasteiger partial charge in [0.25, 0.3) is 5.91 Å². The molecule has 1 amide bonds. The van der Waals surface area contributed by atoms with Crippen molar-refractivity contribution in [2.45, 2.75) is 32.0 Å². The van der Waals surface area contributed by atoms with E-state index in [0.29, 0.717) is 12.2 Å². The predicted molar refractivity (Wildman–Crippen MR) is 87.7 cm³/mol. The molecule has 4 heterocycles. The molecule has 0 bridgehead atoms. The maximum atomic E-state index is 12.6. The van der Waals surface area contributed by atoms with E-state index in [0.717, 1.165) is 24.3 Å². The molecule has 3 aromatic rings. The Bertz CT molecular complexity index is 869. The number of ether oxygens (including phenoxy) is 1. The van der Waals surface area contributed by atoms with Gasteiger partial charge in [-0.15, -0.1) is 0 Å². The van der Waals surface area contributed by atoms with Gasteiger partial charge < -0.3 is 19.0 Å². The van der Waals surface area contributed by atoms with Crippen LogP contribution in [0.25, 0.3) is 5.52 Å². The van der Waals surface area contributed by atoms with E-state index in [2.05, 4.69) is 22.2 Å². The molecule has 0 unspecified atom stereocenters. The lowest BCUT2D eigenvalue weighted by Crippen LogP contribution is -2.37. The van der Waals surface area contributed by atoms with Gasteiger partial charge in [0.15, 0.2) is 0 Å². The van der Waals surface area contributed by atoms with Crippen LogP contribution in [0, 0.1) is 0 Å². The summed E-state index contributed by atoms with van der Waals surface area (Å²) in [5.41, 5.74) is 1.51. The largest absolute Gasteiger partial charge is 0.368 e. The number of hydrogen-bond donors (Lipinski definition) is 1. The van der Waals surface area contributed by atoms with Crippen LogP contribution in [0.4, 0.5) is 0 Å². The molecule has 7 nitrogen and oxygen atoms in total. The summed E-state index contributed by atoms with van der Waals surface area (Å²) in [5, 5.41) is 3.09. The van der Waals surface area contributed by atoms with Gasteiger partial charge >= 0.3 is 0 Å². The Balaban J connectivity index is 1.54. The second-order valence-electron chi connectivity index (χ2n) is 5.87. The lowest BCUT2D eigenvalue weighted by Gasteiger charge is -2.20. The highest BCUT2D eigenvalue weighted by Crippen LogP contribution is 2.28. The van der Waals surface area contributed by atoms with Crippen LogP contribution in [0.2, 0.25) is 0 Å². The van der Waals surface area contributed by atoms with Crippen LogP contribution >= 0.6 is 0 Å². The molecule has 0 saturated carbocycles. The zero-order valence-corrected chi connectivity index (χ0v) is 13.4. The van der Waals surface area contributed by atoms with Crippen LogP contribution in [0.1, 0.15) is 35.6 Å². The Morgan fingerprint density at radius 1 is 1.46 bits per heavy atom. The smallest absolute Gasteiger partial charge is 0.251 e. The van der Waals surface area contributed by atoms with Crippen molar-refractivity contribution >= 4 is 11.4 Å². The summed E-state index contributed by atoms with van der Waals surface area (Å²) in [7, 11) is 0. The molecule has 24 heavy (non-hydrogen) atoms. The summed E-state index contributed by atoms with van der Waals surface area (Å²) >= 11 is 0. The van der Waals surface area contributed by atoms with Crippen molar-refractivity contribution < 1.29 is 9.53 Å². The van der Waals surface area contributed by atoms with E-state index in [1.54, 1.807) is 24.8 Å². The molecular weight excluding hydrogens is 306 g/mol. The van der Waals surface area contributed by atoms with Crippen LogP contribution in [0.3, 0.4) is 0 Å². The van der Waals surface area contributed by atoms with Crippen molar-refractivity contribution in [3.05, 3.63) is 54.6 Å². The number of pyridine rings is 1. The van der Waals surface area contributed by atoms with Crippen molar-refractivity contribution in [2.75, 3.05) is 6.61 Å². The topological polar surface area (TPSA) is 73.5 Å². The zero-order chi connectivity index (χ0) is 16.5. The number of aromatic nitrogens is 4. The first-order chi connectivity index (χ1) is 11.8. The molecule has 1 aliphatic rings. The van der Waals surface area contributed by atoms with Crippen molar-refractivity contribution in [3.8, 4) is 0 Å². The number of fused-ring (bicyclic) bond motifs is 1. The third-order valence-corrected chi connectivity index (χ3v) is 4.43. The highest BCUT2D eigenvalue weighted by atomic mass is 16.5. The van der Waals surface area contributed by atoms with Crippen LogP contribution in [-0.4, -0.2) is 37.5 Å². The highest BCUT2D eigenvalue weighted by Gasteiger charge is 2.34. The van der Waals surface area contributed by atoms with Crippen molar-refractivity contribution in [2.24, 2.45) is 0 Å². The fraction of sp³-hybridized carbons (Fsp3) is 0.353. The molecule has 124 valence electrons.